The van der Waals surface area contributed by atoms with Crippen LogP contribution in [0.1, 0.15) is 19.8 Å². The van der Waals surface area contributed by atoms with E-state index in [1.54, 1.807) is 36.1 Å². The minimum Gasteiger partial charge on any atom is -0.481 e. The number of ether oxygens (including phenoxy) is 1. The third-order valence-corrected chi connectivity index (χ3v) is 3.88. The number of halogens is 1. The monoisotopic (exact) mass is 311 g/mol. The van der Waals surface area contributed by atoms with Crippen molar-refractivity contribution in [1.29, 1.82) is 0 Å². The van der Waals surface area contributed by atoms with Gasteiger partial charge in [0.15, 0.2) is 6.10 Å². The van der Waals surface area contributed by atoms with Crippen LogP contribution in [0, 0.1) is 5.92 Å². The molecule has 2 rings (SSSR count). The zero-order valence-electron chi connectivity index (χ0n) is 11.8. The number of para-hydroxylation sites is 1. The van der Waals surface area contributed by atoms with E-state index in [1.165, 1.54) is 0 Å². The Morgan fingerprint density at radius 1 is 1.43 bits per heavy atom. The summed E-state index contributed by atoms with van der Waals surface area (Å²) in [7, 11) is 0. The Morgan fingerprint density at radius 3 is 2.81 bits per heavy atom. The van der Waals surface area contributed by atoms with Crippen LogP contribution in [0.2, 0.25) is 5.02 Å². The van der Waals surface area contributed by atoms with Crippen molar-refractivity contribution in [3.63, 3.8) is 0 Å². The maximum Gasteiger partial charge on any atom is 0.308 e. The molecule has 1 heterocycles. The Labute approximate surface area is 128 Å². The fourth-order valence-electron chi connectivity index (χ4n) is 2.42. The van der Waals surface area contributed by atoms with Gasteiger partial charge in [-0.1, -0.05) is 23.7 Å². The van der Waals surface area contributed by atoms with Gasteiger partial charge in [0, 0.05) is 13.1 Å². The first-order valence-electron chi connectivity index (χ1n) is 6.92. The van der Waals surface area contributed by atoms with Crippen molar-refractivity contribution in [2.75, 3.05) is 13.1 Å². The number of carbonyl (C=O) groups is 2. The summed E-state index contributed by atoms with van der Waals surface area (Å²) in [5, 5.41) is 9.51. The Bertz CT molecular complexity index is 534. The molecule has 0 bridgehead atoms. The van der Waals surface area contributed by atoms with E-state index < -0.39 is 18.0 Å². The summed E-state index contributed by atoms with van der Waals surface area (Å²) < 4.78 is 5.59. The summed E-state index contributed by atoms with van der Waals surface area (Å²) in [5.74, 6) is -1.10. The number of likely N-dealkylation sites (tertiary alicyclic amines) is 1. The zero-order chi connectivity index (χ0) is 15.4. The lowest BCUT2D eigenvalue weighted by atomic mass is 9.98. The van der Waals surface area contributed by atoms with E-state index in [0.717, 1.165) is 0 Å². The lowest BCUT2D eigenvalue weighted by Crippen LogP contribution is -2.47. The van der Waals surface area contributed by atoms with Gasteiger partial charge in [-0.3, -0.25) is 9.59 Å². The first-order valence-corrected chi connectivity index (χ1v) is 7.29. The van der Waals surface area contributed by atoms with Crippen molar-refractivity contribution < 1.29 is 19.4 Å². The Balaban J connectivity index is 1.99. The quantitative estimate of drug-likeness (QED) is 0.927. The Hall–Kier alpha value is -1.75. The number of carboxylic acids is 1. The molecule has 1 saturated heterocycles. The van der Waals surface area contributed by atoms with Crippen molar-refractivity contribution in [2.24, 2.45) is 5.92 Å². The average Bonchev–Trinajstić information content (AvgIpc) is 2.49. The van der Waals surface area contributed by atoms with Crippen molar-refractivity contribution >= 4 is 23.5 Å². The van der Waals surface area contributed by atoms with Crippen molar-refractivity contribution in [3.05, 3.63) is 29.3 Å². The standard InChI is InChI=1S/C15H18ClNO4/c1-10(21-13-7-3-2-6-12(13)16)14(18)17-8-4-5-11(9-17)15(19)20/h2-3,6-7,10-11H,4-5,8-9H2,1H3,(H,19,20)/t10-,11-/m1/s1. The molecule has 5 nitrogen and oxygen atoms in total. The molecule has 0 radical (unpaired) electrons. The van der Waals surface area contributed by atoms with Crippen LogP contribution in [0.4, 0.5) is 0 Å². The highest BCUT2D eigenvalue weighted by atomic mass is 35.5. The van der Waals surface area contributed by atoms with E-state index in [9.17, 15) is 9.59 Å². The minimum atomic E-state index is -0.854. The second-order valence-corrected chi connectivity index (χ2v) is 5.56. The number of benzene rings is 1. The van der Waals surface area contributed by atoms with Crippen LogP contribution in [-0.2, 0) is 9.59 Å². The molecule has 1 fully saturated rings. The largest absolute Gasteiger partial charge is 0.481 e. The van der Waals surface area contributed by atoms with E-state index in [-0.39, 0.29) is 12.5 Å². The van der Waals surface area contributed by atoms with E-state index in [0.29, 0.717) is 30.2 Å². The third kappa shape index (κ3) is 3.88. The topological polar surface area (TPSA) is 66.8 Å². The van der Waals surface area contributed by atoms with Crippen LogP contribution in [0.3, 0.4) is 0 Å². The van der Waals surface area contributed by atoms with Gasteiger partial charge in [-0.25, -0.2) is 0 Å². The molecule has 1 aromatic carbocycles. The number of aliphatic carboxylic acids is 1. The van der Waals surface area contributed by atoms with Gasteiger partial charge in [-0.15, -0.1) is 0 Å². The number of carbonyl (C=O) groups excluding carboxylic acids is 1. The van der Waals surface area contributed by atoms with Crippen molar-refractivity contribution in [3.8, 4) is 5.75 Å². The van der Waals surface area contributed by atoms with Crippen molar-refractivity contribution in [2.45, 2.75) is 25.9 Å². The summed E-state index contributed by atoms with van der Waals surface area (Å²) in [5.41, 5.74) is 0. The summed E-state index contributed by atoms with van der Waals surface area (Å²) >= 11 is 6.00. The van der Waals surface area contributed by atoms with Gasteiger partial charge < -0.3 is 14.7 Å². The molecule has 1 aromatic rings. The van der Waals surface area contributed by atoms with E-state index in [2.05, 4.69) is 0 Å². The highest BCUT2D eigenvalue weighted by molar-refractivity contribution is 6.32. The second kappa shape index (κ2) is 6.80. The summed E-state index contributed by atoms with van der Waals surface area (Å²) in [6, 6.07) is 6.95. The lowest BCUT2D eigenvalue weighted by molar-refractivity contribution is -0.147. The molecule has 1 N–H and O–H groups in total. The second-order valence-electron chi connectivity index (χ2n) is 5.15. The van der Waals surface area contributed by atoms with E-state index in [1.807, 2.05) is 0 Å². The van der Waals surface area contributed by atoms with Crippen molar-refractivity contribution in [1.82, 2.24) is 4.90 Å². The van der Waals surface area contributed by atoms with Gasteiger partial charge in [-0.05, 0) is 31.9 Å². The number of amides is 1. The Morgan fingerprint density at radius 2 is 2.14 bits per heavy atom. The van der Waals surface area contributed by atoms with Gasteiger partial charge >= 0.3 is 5.97 Å². The SMILES string of the molecule is C[C@@H](Oc1ccccc1Cl)C(=O)N1CCC[C@@H](C(=O)O)C1. The first-order chi connectivity index (χ1) is 9.99. The molecule has 0 aromatic heterocycles. The van der Waals surface area contributed by atoms with Crippen LogP contribution in [0.15, 0.2) is 24.3 Å². The molecular weight excluding hydrogens is 294 g/mol. The number of carboxylic acid groups (broad SMARTS) is 1. The number of piperidine rings is 1. The predicted molar refractivity (Wildman–Crippen MR) is 78.5 cm³/mol. The third-order valence-electron chi connectivity index (χ3n) is 3.57. The molecule has 0 unspecified atom stereocenters. The van der Waals surface area contributed by atoms with E-state index >= 15 is 0 Å². The van der Waals surface area contributed by atoms with Gasteiger partial charge in [0.1, 0.15) is 5.75 Å². The number of rotatable bonds is 4. The van der Waals surface area contributed by atoms with Gasteiger partial charge in [0.2, 0.25) is 0 Å². The van der Waals surface area contributed by atoms with Gasteiger partial charge in [0.05, 0.1) is 10.9 Å². The van der Waals surface area contributed by atoms with Gasteiger partial charge in [-0.2, -0.15) is 0 Å². The molecule has 1 aliphatic rings. The normalized spacial score (nSPS) is 19.9. The van der Waals surface area contributed by atoms with Crippen LogP contribution in [0.5, 0.6) is 5.75 Å². The van der Waals surface area contributed by atoms with E-state index in [4.69, 9.17) is 21.4 Å². The molecule has 0 aliphatic carbocycles. The average molecular weight is 312 g/mol. The highest BCUT2D eigenvalue weighted by Gasteiger charge is 2.31. The molecule has 0 saturated carbocycles. The van der Waals surface area contributed by atoms with Crippen LogP contribution >= 0.6 is 11.6 Å². The smallest absolute Gasteiger partial charge is 0.308 e. The molecule has 21 heavy (non-hydrogen) atoms. The summed E-state index contributed by atoms with van der Waals surface area (Å²) in [6.45, 7) is 2.46. The highest BCUT2D eigenvalue weighted by Crippen LogP contribution is 2.25. The van der Waals surface area contributed by atoms with Crippen LogP contribution in [0.25, 0.3) is 0 Å². The minimum absolute atomic E-state index is 0.208. The molecule has 6 heteroatoms. The molecule has 1 aliphatic heterocycles. The summed E-state index contributed by atoms with van der Waals surface area (Å²) in [4.78, 5) is 24.9. The maximum atomic E-state index is 12.3. The molecular formula is C15H18ClNO4. The zero-order valence-corrected chi connectivity index (χ0v) is 12.5. The fraction of sp³-hybridized carbons (Fsp3) is 0.467. The predicted octanol–water partition coefficient (Wildman–Crippen LogP) is 2.43. The van der Waals surface area contributed by atoms with Crippen LogP contribution < -0.4 is 4.74 Å². The number of hydrogen-bond acceptors (Lipinski definition) is 3. The van der Waals surface area contributed by atoms with Crippen LogP contribution in [-0.4, -0.2) is 41.1 Å². The molecule has 2 atom stereocenters. The summed E-state index contributed by atoms with van der Waals surface area (Å²) in [6.07, 6.45) is 0.609. The maximum absolute atomic E-state index is 12.3. The molecule has 0 spiro atoms. The molecule has 1 amide bonds. The van der Waals surface area contributed by atoms with Gasteiger partial charge in [0.25, 0.3) is 5.91 Å². The number of hydrogen-bond donors (Lipinski definition) is 1. The molecule has 114 valence electrons. The Kier molecular flexibility index (Phi) is 5.07. The first kappa shape index (κ1) is 15.6. The fourth-order valence-corrected chi connectivity index (χ4v) is 2.60. The lowest BCUT2D eigenvalue weighted by Gasteiger charge is -2.32. The number of nitrogens with zero attached hydrogens (tertiary/aromatic N) is 1.